The summed E-state index contributed by atoms with van der Waals surface area (Å²) >= 11 is 7.41. The summed E-state index contributed by atoms with van der Waals surface area (Å²) in [6.45, 7) is 0. The van der Waals surface area contributed by atoms with E-state index in [9.17, 15) is 0 Å². The molecule has 0 atom stereocenters. The van der Waals surface area contributed by atoms with Gasteiger partial charge in [0.25, 0.3) is 0 Å². The first-order valence-corrected chi connectivity index (χ1v) is 7.57. The number of thiophene rings is 1. The van der Waals surface area contributed by atoms with E-state index in [1.54, 1.807) is 24.5 Å². The van der Waals surface area contributed by atoms with Crippen LogP contribution in [-0.2, 0) is 0 Å². The summed E-state index contributed by atoms with van der Waals surface area (Å²) in [7, 11) is 0. The van der Waals surface area contributed by atoms with Gasteiger partial charge < -0.3 is 9.26 Å². The van der Waals surface area contributed by atoms with Gasteiger partial charge in [0, 0.05) is 16.6 Å². The van der Waals surface area contributed by atoms with Crippen LogP contribution in [0.1, 0.15) is 0 Å². The van der Waals surface area contributed by atoms with Crippen LogP contribution in [0.3, 0.4) is 0 Å². The van der Waals surface area contributed by atoms with Gasteiger partial charge in [-0.25, -0.2) is 0 Å². The van der Waals surface area contributed by atoms with E-state index >= 15 is 0 Å². The number of pyridine rings is 1. The summed E-state index contributed by atoms with van der Waals surface area (Å²) < 4.78 is 11.7. The largest absolute Gasteiger partial charge is 0.455 e. The van der Waals surface area contributed by atoms with Gasteiger partial charge in [-0.15, -0.1) is 11.3 Å². The van der Waals surface area contributed by atoms with Crippen molar-refractivity contribution in [3.8, 4) is 22.2 Å². The van der Waals surface area contributed by atoms with Crippen LogP contribution in [0.2, 0.25) is 5.02 Å². The molecule has 4 rings (SSSR count). The monoisotopic (exact) mass is 329 g/mol. The molecule has 7 heteroatoms. The number of nitrogens with zero attached hydrogens (tertiary/aromatic N) is 3. The fourth-order valence-electron chi connectivity index (χ4n) is 2.04. The molecule has 0 saturated heterocycles. The summed E-state index contributed by atoms with van der Waals surface area (Å²) in [6, 6.07) is 9.16. The summed E-state index contributed by atoms with van der Waals surface area (Å²) in [5, 5.41) is 5.47. The van der Waals surface area contributed by atoms with Crippen LogP contribution in [0.15, 0.2) is 53.6 Å². The number of ether oxygens (including phenoxy) is 1. The molecule has 0 amide bonds. The van der Waals surface area contributed by atoms with E-state index in [0.29, 0.717) is 22.3 Å². The molecule has 0 aliphatic carbocycles. The third-order valence-corrected chi connectivity index (χ3v) is 4.35. The molecule has 22 heavy (non-hydrogen) atoms. The van der Waals surface area contributed by atoms with Gasteiger partial charge in [0.15, 0.2) is 5.75 Å². The Morgan fingerprint density at radius 3 is 2.77 bits per heavy atom. The van der Waals surface area contributed by atoms with E-state index in [2.05, 4.69) is 15.1 Å². The number of hydrogen-bond acceptors (Lipinski definition) is 6. The average molecular weight is 330 g/mol. The second-order valence-electron chi connectivity index (χ2n) is 4.47. The first-order chi connectivity index (χ1) is 10.8. The molecule has 0 N–H and O–H groups in total. The molecular weight excluding hydrogens is 322 g/mol. The van der Waals surface area contributed by atoms with Crippen molar-refractivity contribution in [2.45, 2.75) is 0 Å². The molecule has 0 aliphatic heterocycles. The fourth-order valence-corrected chi connectivity index (χ4v) is 3.14. The quantitative estimate of drug-likeness (QED) is 0.540. The van der Waals surface area contributed by atoms with Crippen molar-refractivity contribution < 1.29 is 9.26 Å². The first kappa shape index (κ1) is 13.2. The van der Waals surface area contributed by atoms with Crippen LogP contribution in [0.4, 0.5) is 0 Å². The van der Waals surface area contributed by atoms with Crippen molar-refractivity contribution in [2.75, 3.05) is 0 Å². The van der Waals surface area contributed by atoms with Crippen LogP contribution >= 0.6 is 22.9 Å². The van der Waals surface area contributed by atoms with E-state index in [1.165, 1.54) is 17.7 Å². The molecule has 0 unspecified atom stereocenters. The van der Waals surface area contributed by atoms with Crippen molar-refractivity contribution in [3.63, 3.8) is 0 Å². The molecule has 4 aromatic rings. The maximum Gasteiger partial charge on any atom is 0.214 e. The maximum absolute atomic E-state index is 5.90. The first-order valence-electron chi connectivity index (χ1n) is 6.37. The number of fused-ring (bicyclic) bond motifs is 1. The minimum Gasteiger partial charge on any atom is -0.455 e. The Bertz CT molecular complexity index is 920. The highest BCUT2D eigenvalue weighted by Gasteiger charge is 2.12. The number of aromatic nitrogens is 3. The highest BCUT2D eigenvalue weighted by molar-refractivity contribution is 7.22. The molecule has 0 saturated carbocycles. The zero-order valence-electron chi connectivity index (χ0n) is 11.1. The normalized spacial score (nSPS) is 11.0. The van der Waals surface area contributed by atoms with Gasteiger partial charge in [0.2, 0.25) is 12.2 Å². The zero-order valence-corrected chi connectivity index (χ0v) is 12.6. The molecule has 0 aliphatic rings. The third kappa shape index (κ3) is 2.43. The number of hydrogen-bond donors (Lipinski definition) is 0. The van der Waals surface area contributed by atoms with Gasteiger partial charge in [-0.3, -0.25) is 4.98 Å². The molecule has 108 valence electrons. The second kappa shape index (κ2) is 5.40. The lowest BCUT2D eigenvalue weighted by Gasteiger charge is -2.06. The molecule has 3 heterocycles. The standard InChI is InChI=1S/C15H8ClN3O2S/c16-9-1-3-10(4-2-9)21-12-6-17-7-14-11(12)5-13(22-14)15-18-8-20-19-15/h1-8H. The van der Waals surface area contributed by atoms with Crippen molar-refractivity contribution in [2.24, 2.45) is 0 Å². The minimum absolute atomic E-state index is 0.554. The van der Waals surface area contributed by atoms with Crippen molar-refractivity contribution in [1.29, 1.82) is 0 Å². The van der Waals surface area contributed by atoms with E-state index in [1.807, 2.05) is 18.2 Å². The Morgan fingerprint density at radius 1 is 1.14 bits per heavy atom. The van der Waals surface area contributed by atoms with Gasteiger partial charge in [-0.1, -0.05) is 16.8 Å². The summed E-state index contributed by atoms with van der Waals surface area (Å²) in [4.78, 5) is 9.18. The van der Waals surface area contributed by atoms with Gasteiger partial charge in [-0.05, 0) is 30.3 Å². The van der Waals surface area contributed by atoms with Gasteiger partial charge in [-0.2, -0.15) is 4.98 Å². The second-order valence-corrected chi connectivity index (χ2v) is 5.99. The minimum atomic E-state index is 0.554. The smallest absolute Gasteiger partial charge is 0.214 e. The van der Waals surface area contributed by atoms with Crippen molar-refractivity contribution >= 4 is 33.0 Å². The van der Waals surface area contributed by atoms with Crippen molar-refractivity contribution in [1.82, 2.24) is 15.1 Å². The lowest BCUT2D eigenvalue weighted by Crippen LogP contribution is -1.85. The Kier molecular flexibility index (Phi) is 3.25. The topological polar surface area (TPSA) is 61.0 Å². The Morgan fingerprint density at radius 2 is 2.00 bits per heavy atom. The molecule has 0 radical (unpaired) electrons. The van der Waals surface area contributed by atoms with Gasteiger partial charge in [0.05, 0.1) is 15.8 Å². The van der Waals surface area contributed by atoms with Crippen LogP contribution < -0.4 is 4.74 Å². The molecule has 0 spiro atoms. The van der Waals surface area contributed by atoms with E-state index in [4.69, 9.17) is 20.9 Å². The summed E-state index contributed by atoms with van der Waals surface area (Å²) in [6.07, 6.45) is 4.78. The third-order valence-electron chi connectivity index (χ3n) is 3.03. The van der Waals surface area contributed by atoms with E-state index < -0.39 is 0 Å². The van der Waals surface area contributed by atoms with Gasteiger partial charge in [0.1, 0.15) is 5.75 Å². The highest BCUT2D eigenvalue weighted by Crippen LogP contribution is 2.37. The zero-order chi connectivity index (χ0) is 14.9. The van der Waals surface area contributed by atoms with Crippen LogP contribution in [0.25, 0.3) is 20.8 Å². The molecule has 0 fully saturated rings. The average Bonchev–Trinajstić information content (AvgIpc) is 3.18. The highest BCUT2D eigenvalue weighted by atomic mass is 35.5. The predicted molar refractivity (Wildman–Crippen MR) is 84.4 cm³/mol. The SMILES string of the molecule is Clc1ccc(Oc2cncc3sc(-c4ncon4)cc23)cc1. The lowest BCUT2D eigenvalue weighted by atomic mass is 10.3. The molecule has 5 nitrogen and oxygen atoms in total. The van der Waals surface area contributed by atoms with Crippen LogP contribution in [0, 0.1) is 0 Å². The maximum atomic E-state index is 5.90. The molecule has 0 bridgehead atoms. The number of halogens is 1. The molecule has 1 aromatic carbocycles. The number of benzene rings is 1. The molecular formula is C15H8ClN3O2S. The van der Waals surface area contributed by atoms with Crippen molar-refractivity contribution in [3.05, 3.63) is 54.1 Å². The predicted octanol–water partition coefficient (Wildman–Crippen LogP) is 4.79. The Hall–Kier alpha value is -2.44. The lowest BCUT2D eigenvalue weighted by molar-refractivity contribution is 0.419. The van der Waals surface area contributed by atoms with Gasteiger partial charge >= 0.3 is 0 Å². The van der Waals surface area contributed by atoms with Crippen LogP contribution in [0.5, 0.6) is 11.5 Å². The van der Waals surface area contributed by atoms with Crippen LogP contribution in [-0.4, -0.2) is 15.1 Å². The Labute approximate surface area is 134 Å². The fraction of sp³-hybridized carbons (Fsp3) is 0. The Balaban J connectivity index is 1.76. The molecule has 3 aromatic heterocycles. The van der Waals surface area contributed by atoms with E-state index in [-0.39, 0.29) is 0 Å². The number of rotatable bonds is 3. The summed E-state index contributed by atoms with van der Waals surface area (Å²) in [5.74, 6) is 1.93. The van der Waals surface area contributed by atoms with E-state index in [0.717, 1.165) is 15.0 Å². The summed E-state index contributed by atoms with van der Waals surface area (Å²) in [5.41, 5.74) is 0.